The lowest BCUT2D eigenvalue weighted by Gasteiger charge is -2.10. The molecule has 0 bridgehead atoms. The lowest BCUT2D eigenvalue weighted by molar-refractivity contribution is -0.384. The number of carbonyl (C=O) groups is 3. The van der Waals surface area contributed by atoms with E-state index in [0.717, 1.165) is 5.56 Å². The van der Waals surface area contributed by atoms with Crippen LogP contribution in [-0.4, -0.2) is 29.2 Å². The SMILES string of the molecule is Cc1ccc(C(=O)c2ccccc2C(=O)OCC(=O)Nc2ccc([N+](=O)[O-])cc2)cc1. The molecule has 0 aliphatic heterocycles. The first kappa shape index (κ1) is 21.4. The van der Waals surface area contributed by atoms with Crippen molar-refractivity contribution in [1.82, 2.24) is 0 Å². The molecule has 3 aromatic carbocycles. The van der Waals surface area contributed by atoms with Crippen LogP contribution in [0.3, 0.4) is 0 Å². The molecule has 0 aromatic heterocycles. The summed E-state index contributed by atoms with van der Waals surface area (Å²) in [4.78, 5) is 47.5. The zero-order valence-corrected chi connectivity index (χ0v) is 16.5. The average Bonchev–Trinajstić information content (AvgIpc) is 2.78. The summed E-state index contributed by atoms with van der Waals surface area (Å²) in [6, 6.07) is 18.4. The van der Waals surface area contributed by atoms with Crippen molar-refractivity contribution in [3.8, 4) is 0 Å². The van der Waals surface area contributed by atoms with Crippen molar-refractivity contribution in [1.29, 1.82) is 0 Å². The van der Waals surface area contributed by atoms with E-state index in [0.29, 0.717) is 11.3 Å². The second-order valence-corrected chi connectivity index (χ2v) is 6.67. The third-order valence-electron chi connectivity index (χ3n) is 4.40. The molecule has 3 aromatic rings. The van der Waals surface area contributed by atoms with E-state index in [2.05, 4.69) is 5.32 Å². The molecule has 8 nitrogen and oxygen atoms in total. The second-order valence-electron chi connectivity index (χ2n) is 6.67. The number of nitro benzene ring substituents is 1. The van der Waals surface area contributed by atoms with Crippen molar-refractivity contribution < 1.29 is 24.0 Å². The topological polar surface area (TPSA) is 116 Å². The Labute approximate surface area is 177 Å². The fourth-order valence-corrected chi connectivity index (χ4v) is 2.79. The Kier molecular flexibility index (Phi) is 6.51. The molecule has 0 spiro atoms. The van der Waals surface area contributed by atoms with Gasteiger partial charge < -0.3 is 10.1 Å². The predicted molar refractivity (Wildman–Crippen MR) is 113 cm³/mol. The van der Waals surface area contributed by atoms with E-state index >= 15 is 0 Å². The lowest BCUT2D eigenvalue weighted by atomic mass is 9.98. The summed E-state index contributed by atoms with van der Waals surface area (Å²) in [6.07, 6.45) is 0. The maximum absolute atomic E-state index is 12.8. The zero-order chi connectivity index (χ0) is 22.4. The molecular weight excluding hydrogens is 400 g/mol. The Morgan fingerprint density at radius 1 is 0.903 bits per heavy atom. The number of non-ortho nitro benzene ring substituents is 1. The average molecular weight is 418 g/mol. The van der Waals surface area contributed by atoms with E-state index < -0.39 is 23.4 Å². The van der Waals surface area contributed by atoms with Gasteiger partial charge in [-0.1, -0.05) is 48.0 Å². The van der Waals surface area contributed by atoms with E-state index in [1.807, 2.05) is 6.92 Å². The van der Waals surface area contributed by atoms with Gasteiger partial charge in [-0.2, -0.15) is 0 Å². The maximum atomic E-state index is 12.8. The quantitative estimate of drug-likeness (QED) is 0.269. The Morgan fingerprint density at radius 3 is 2.13 bits per heavy atom. The summed E-state index contributed by atoms with van der Waals surface area (Å²) >= 11 is 0. The van der Waals surface area contributed by atoms with Gasteiger partial charge in [0.05, 0.1) is 10.5 Å². The number of hydrogen-bond donors (Lipinski definition) is 1. The highest BCUT2D eigenvalue weighted by Gasteiger charge is 2.20. The van der Waals surface area contributed by atoms with Crippen molar-refractivity contribution in [2.24, 2.45) is 0 Å². The summed E-state index contributed by atoms with van der Waals surface area (Å²) in [5.74, 6) is -1.76. The van der Waals surface area contributed by atoms with E-state index in [9.17, 15) is 24.5 Å². The predicted octanol–water partition coefficient (Wildman–Crippen LogP) is 3.93. The standard InChI is InChI=1S/C23H18N2O6/c1-15-6-8-16(9-7-15)22(27)19-4-2-3-5-20(19)23(28)31-14-21(26)24-17-10-12-18(13-11-17)25(29)30/h2-13H,14H2,1H3,(H,24,26). The minimum atomic E-state index is -0.810. The van der Waals surface area contributed by atoms with E-state index in [1.165, 1.54) is 36.4 Å². The fourth-order valence-electron chi connectivity index (χ4n) is 2.79. The lowest BCUT2D eigenvalue weighted by Crippen LogP contribution is -2.22. The minimum Gasteiger partial charge on any atom is -0.452 e. The summed E-state index contributed by atoms with van der Waals surface area (Å²) in [6.45, 7) is 1.32. The van der Waals surface area contributed by atoms with Crippen LogP contribution in [0.1, 0.15) is 31.8 Å². The number of esters is 1. The number of hydrogen-bond acceptors (Lipinski definition) is 6. The molecule has 1 amide bonds. The van der Waals surface area contributed by atoms with E-state index in [1.54, 1.807) is 36.4 Å². The molecule has 31 heavy (non-hydrogen) atoms. The molecule has 0 atom stereocenters. The number of amides is 1. The second kappa shape index (κ2) is 9.45. The minimum absolute atomic E-state index is 0.0520. The number of nitrogens with zero attached hydrogens (tertiary/aromatic N) is 1. The number of nitro groups is 1. The molecule has 0 aliphatic rings. The maximum Gasteiger partial charge on any atom is 0.339 e. The van der Waals surface area contributed by atoms with Gasteiger partial charge in [0.1, 0.15) is 0 Å². The first-order chi connectivity index (χ1) is 14.8. The van der Waals surface area contributed by atoms with Gasteiger partial charge in [0.15, 0.2) is 12.4 Å². The summed E-state index contributed by atoms with van der Waals surface area (Å²) < 4.78 is 5.06. The molecule has 8 heteroatoms. The first-order valence-corrected chi connectivity index (χ1v) is 9.27. The zero-order valence-electron chi connectivity index (χ0n) is 16.5. The van der Waals surface area contributed by atoms with Crippen molar-refractivity contribution >= 4 is 29.0 Å². The van der Waals surface area contributed by atoms with Gasteiger partial charge in [-0.15, -0.1) is 0 Å². The number of benzene rings is 3. The number of carbonyl (C=O) groups excluding carboxylic acids is 3. The van der Waals surface area contributed by atoms with Crippen molar-refractivity contribution in [3.05, 3.63) is 105 Å². The van der Waals surface area contributed by atoms with Crippen molar-refractivity contribution in [2.75, 3.05) is 11.9 Å². The number of nitrogens with one attached hydrogen (secondary N) is 1. The first-order valence-electron chi connectivity index (χ1n) is 9.27. The molecule has 3 rings (SSSR count). The summed E-state index contributed by atoms with van der Waals surface area (Å²) in [7, 11) is 0. The number of aryl methyl sites for hydroxylation is 1. The van der Waals surface area contributed by atoms with Gasteiger partial charge in [0.2, 0.25) is 0 Å². The summed E-state index contributed by atoms with van der Waals surface area (Å²) in [5, 5.41) is 13.1. The molecule has 0 heterocycles. The van der Waals surface area contributed by atoms with Crippen LogP contribution in [-0.2, 0) is 9.53 Å². The fraction of sp³-hybridized carbons (Fsp3) is 0.0870. The highest BCUT2D eigenvalue weighted by Crippen LogP contribution is 2.17. The highest BCUT2D eigenvalue weighted by atomic mass is 16.6. The third-order valence-corrected chi connectivity index (χ3v) is 4.40. The molecule has 0 saturated carbocycles. The van der Waals surface area contributed by atoms with Gasteiger partial charge in [-0.25, -0.2) is 4.79 Å². The number of anilines is 1. The highest BCUT2D eigenvalue weighted by molar-refractivity contribution is 6.14. The van der Waals surface area contributed by atoms with Crippen LogP contribution < -0.4 is 5.32 Å². The van der Waals surface area contributed by atoms with Crippen LogP contribution in [0.25, 0.3) is 0 Å². The van der Waals surface area contributed by atoms with Gasteiger partial charge in [-0.3, -0.25) is 19.7 Å². The van der Waals surface area contributed by atoms with E-state index in [4.69, 9.17) is 4.74 Å². The van der Waals surface area contributed by atoms with Crippen LogP contribution in [0.15, 0.2) is 72.8 Å². The molecule has 0 aliphatic carbocycles. The van der Waals surface area contributed by atoms with Crippen LogP contribution >= 0.6 is 0 Å². The smallest absolute Gasteiger partial charge is 0.339 e. The molecular formula is C23H18N2O6. The monoisotopic (exact) mass is 418 g/mol. The largest absolute Gasteiger partial charge is 0.452 e. The molecule has 0 unspecified atom stereocenters. The van der Waals surface area contributed by atoms with Crippen LogP contribution in [0, 0.1) is 17.0 Å². The molecule has 156 valence electrons. The van der Waals surface area contributed by atoms with Gasteiger partial charge in [0, 0.05) is 28.9 Å². The van der Waals surface area contributed by atoms with Gasteiger partial charge in [0.25, 0.3) is 11.6 Å². The Balaban J connectivity index is 1.65. The van der Waals surface area contributed by atoms with E-state index in [-0.39, 0.29) is 22.6 Å². The van der Waals surface area contributed by atoms with Gasteiger partial charge >= 0.3 is 5.97 Å². The van der Waals surface area contributed by atoms with Crippen molar-refractivity contribution in [3.63, 3.8) is 0 Å². The normalized spacial score (nSPS) is 10.2. The molecule has 0 saturated heterocycles. The Morgan fingerprint density at radius 2 is 1.52 bits per heavy atom. The Bertz CT molecular complexity index is 1140. The molecule has 1 N–H and O–H groups in total. The third kappa shape index (κ3) is 5.39. The summed E-state index contributed by atoms with van der Waals surface area (Å²) in [5.41, 5.74) is 1.87. The Hall–Kier alpha value is -4.33. The van der Waals surface area contributed by atoms with Crippen LogP contribution in [0.5, 0.6) is 0 Å². The van der Waals surface area contributed by atoms with Gasteiger partial charge in [-0.05, 0) is 25.1 Å². The van der Waals surface area contributed by atoms with Crippen molar-refractivity contribution in [2.45, 2.75) is 6.92 Å². The van der Waals surface area contributed by atoms with Crippen LogP contribution in [0.2, 0.25) is 0 Å². The number of rotatable bonds is 7. The molecule has 0 radical (unpaired) electrons. The van der Waals surface area contributed by atoms with Crippen LogP contribution in [0.4, 0.5) is 11.4 Å². The number of ketones is 1. The molecule has 0 fully saturated rings. The number of ether oxygens (including phenoxy) is 1.